The van der Waals surface area contributed by atoms with E-state index >= 15 is 0 Å². The van der Waals surface area contributed by atoms with Crippen molar-refractivity contribution in [3.63, 3.8) is 0 Å². The van der Waals surface area contributed by atoms with Gasteiger partial charge in [0.05, 0.1) is 0 Å². The van der Waals surface area contributed by atoms with E-state index in [-0.39, 0.29) is 5.82 Å². The van der Waals surface area contributed by atoms with Crippen molar-refractivity contribution in [3.8, 4) is 0 Å². The second kappa shape index (κ2) is 5.60. The third-order valence-electron chi connectivity index (χ3n) is 2.67. The van der Waals surface area contributed by atoms with Gasteiger partial charge in [-0.2, -0.15) is 0 Å². The number of aryl methyl sites for hydroxylation is 1. The van der Waals surface area contributed by atoms with Crippen LogP contribution in [-0.2, 0) is 24.1 Å². The highest BCUT2D eigenvalue weighted by Crippen LogP contribution is 2.11. The first kappa shape index (κ1) is 15.7. The molecule has 0 unspecified atom stereocenters. The summed E-state index contributed by atoms with van der Waals surface area (Å²) in [7, 11) is -1.55. The van der Waals surface area contributed by atoms with Gasteiger partial charge >= 0.3 is 5.69 Å². The molecule has 0 spiro atoms. The van der Waals surface area contributed by atoms with E-state index < -0.39 is 26.2 Å². The number of pyridine rings is 1. The Hall–Kier alpha value is -1.69. The second-order valence-corrected chi connectivity index (χ2v) is 7.11. The normalized spacial score (nSPS) is 11.4. The van der Waals surface area contributed by atoms with E-state index in [4.69, 9.17) is 0 Å². The van der Waals surface area contributed by atoms with E-state index in [1.54, 1.807) is 6.07 Å². The molecule has 0 bridgehead atoms. The molecular formula is C11H11IN4O4S. The summed E-state index contributed by atoms with van der Waals surface area (Å²) in [4.78, 5) is 26.9. The fraction of sp³-hybridized carbons (Fsp3) is 0.182. The Morgan fingerprint density at radius 1 is 1.24 bits per heavy atom. The molecule has 112 valence electrons. The summed E-state index contributed by atoms with van der Waals surface area (Å²) in [6.45, 7) is 0. The molecule has 0 atom stereocenters. The molecule has 0 saturated heterocycles. The largest absolute Gasteiger partial charge is 0.330 e. The standard InChI is InChI=1S/C11H11IN4O4S/c1-15-6-8(10(17)16(2)11(15)18)21(19,20)14-9-4-3-7(12)5-13-9/h3-6H,1-2H3,(H,13,14). The van der Waals surface area contributed by atoms with Crippen molar-refractivity contribution in [2.24, 2.45) is 14.1 Å². The van der Waals surface area contributed by atoms with Crippen molar-refractivity contribution < 1.29 is 8.42 Å². The van der Waals surface area contributed by atoms with E-state index in [1.165, 1.54) is 26.4 Å². The minimum atomic E-state index is -4.13. The monoisotopic (exact) mass is 422 g/mol. The van der Waals surface area contributed by atoms with Crippen molar-refractivity contribution in [3.05, 3.63) is 48.9 Å². The third kappa shape index (κ3) is 3.15. The van der Waals surface area contributed by atoms with Crippen LogP contribution >= 0.6 is 22.6 Å². The first-order chi connectivity index (χ1) is 9.72. The van der Waals surface area contributed by atoms with Crippen LogP contribution in [0, 0.1) is 3.57 Å². The lowest BCUT2D eigenvalue weighted by atomic mass is 10.5. The van der Waals surface area contributed by atoms with Crippen molar-refractivity contribution >= 4 is 38.4 Å². The fourth-order valence-corrected chi connectivity index (χ4v) is 3.08. The predicted molar refractivity (Wildman–Crippen MR) is 84.7 cm³/mol. The van der Waals surface area contributed by atoms with Crippen LogP contribution in [-0.4, -0.2) is 22.5 Å². The highest BCUT2D eigenvalue weighted by molar-refractivity contribution is 14.1. The smallest absolute Gasteiger partial charge is 0.302 e. The number of nitrogens with zero attached hydrogens (tertiary/aromatic N) is 3. The van der Waals surface area contributed by atoms with Gasteiger partial charge in [0.2, 0.25) is 0 Å². The van der Waals surface area contributed by atoms with Crippen LogP contribution in [0.25, 0.3) is 0 Å². The van der Waals surface area contributed by atoms with Gasteiger partial charge in [0, 0.05) is 30.1 Å². The Morgan fingerprint density at radius 3 is 2.48 bits per heavy atom. The molecule has 0 aliphatic carbocycles. The van der Waals surface area contributed by atoms with Gasteiger partial charge in [-0.1, -0.05) is 0 Å². The van der Waals surface area contributed by atoms with Crippen molar-refractivity contribution in [1.82, 2.24) is 14.1 Å². The third-order valence-corrected chi connectivity index (χ3v) is 4.65. The Balaban J connectivity index is 2.53. The number of hydrogen-bond acceptors (Lipinski definition) is 5. The minimum Gasteiger partial charge on any atom is -0.302 e. The van der Waals surface area contributed by atoms with Crippen molar-refractivity contribution in [2.45, 2.75) is 4.90 Å². The quantitative estimate of drug-likeness (QED) is 0.696. The van der Waals surface area contributed by atoms with Gasteiger partial charge in [-0.05, 0) is 34.7 Å². The molecule has 10 heteroatoms. The van der Waals surface area contributed by atoms with Crippen LogP contribution in [0.4, 0.5) is 5.82 Å². The Bertz CT molecular complexity index is 899. The molecule has 0 aliphatic rings. The molecule has 2 aromatic rings. The summed E-state index contributed by atoms with van der Waals surface area (Å²) < 4.78 is 29.3. The first-order valence-electron chi connectivity index (χ1n) is 5.63. The van der Waals surface area contributed by atoms with Gasteiger partial charge in [0.1, 0.15) is 5.82 Å². The number of hydrogen-bond donors (Lipinski definition) is 1. The summed E-state index contributed by atoms with van der Waals surface area (Å²) in [5.41, 5.74) is -1.50. The Kier molecular flexibility index (Phi) is 4.18. The highest BCUT2D eigenvalue weighted by atomic mass is 127. The lowest BCUT2D eigenvalue weighted by molar-refractivity contribution is 0.589. The molecule has 0 aliphatic heterocycles. The SMILES string of the molecule is Cn1cc(S(=O)(=O)Nc2ccc(I)cn2)c(=O)n(C)c1=O. The van der Waals surface area contributed by atoms with E-state index in [9.17, 15) is 18.0 Å². The topological polar surface area (TPSA) is 103 Å². The summed E-state index contributed by atoms with van der Waals surface area (Å²) in [5.74, 6) is 0.0892. The Morgan fingerprint density at radius 2 is 1.90 bits per heavy atom. The van der Waals surface area contributed by atoms with Gasteiger partial charge in [-0.15, -0.1) is 0 Å². The van der Waals surface area contributed by atoms with Gasteiger partial charge in [-0.3, -0.25) is 14.1 Å². The zero-order valence-electron chi connectivity index (χ0n) is 11.1. The van der Waals surface area contributed by atoms with Crippen LogP contribution in [0.15, 0.2) is 39.0 Å². The summed E-state index contributed by atoms with van der Waals surface area (Å²) in [6, 6.07) is 3.15. The number of rotatable bonds is 3. The molecule has 0 aromatic carbocycles. The number of sulfonamides is 1. The molecule has 2 rings (SSSR count). The van der Waals surface area contributed by atoms with E-state index in [0.29, 0.717) is 0 Å². The summed E-state index contributed by atoms with van der Waals surface area (Å²) in [5, 5.41) is 0. The molecule has 2 heterocycles. The molecule has 0 saturated carbocycles. The molecule has 2 aromatic heterocycles. The van der Waals surface area contributed by atoms with Gasteiger partial charge in [0.15, 0.2) is 4.90 Å². The zero-order chi connectivity index (χ0) is 15.8. The fourth-order valence-electron chi connectivity index (χ4n) is 1.59. The number of halogens is 1. The maximum Gasteiger partial charge on any atom is 0.330 e. The molecular weight excluding hydrogens is 411 g/mol. The van der Waals surface area contributed by atoms with Crippen LogP contribution in [0.5, 0.6) is 0 Å². The second-order valence-electron chi connectivity index (χ2n) is 4.22. The van der Waals surface area contributed by atoms with Gasteiger partial charge in [0.25, 0.3) is 15.6 Å². The number of nitrogens with one attached hydrogen (secondary N) is 1. The lowest BCUT2D eigenvalue weighted by Gasteiger charge is -2.09. The molecule has 1 N–H and O–H groups in total. The van der Waals surface area contributed by atoms with Crippen LogP contribution < -0.4 is 16.0 Å². The average molecular weight is 422 g/mol. The van der Waals surface area contributed by atoms with Crippen LogP contribution in [0.2, 0.25) is 0 Å². The summed E-state index contributed by atoms with van der Waals surface area (Å²) >= 11 is 2.03. The maximum atomic E-state index is 12.2. The van der Waals surface area contributed by atoms with Gasteiger partial charge in [-0.25, -0.2) is 18.2 Å². The van der Waals surface area contributed by atoms with Crippen LogP contribution in [0.3, 0.4) is 0 Å². The minimum absolute atomic E-state index is 0.0892. The molecule has 0 fully saturated rings. The summed E-state index contributed by atoms with van der Waals surface area (Å²) in [6.07, 6.45) is 2.47. The first-order valence-corrected chi connectivity index (χ1v) is 8.19. The van der Waals surface area contributed by atoms with Crippen LogP contribution in [0.1, 0.15) is 0 Å². The highest BCUT2D eigenvalue weighted by Gasteiger charge is 2.21. The van der Waals surface area contributed by atoms with Gasteiger partial charge < -0.3 is 4.57 Å². The van der Waals surface area contributed by atoms with E-state index in [1.807, 2.05) is 22.6 Å². The zero-order valence-corrected chi connectivity index (χ0v) is 14.0. The maximum absolute atomic E-state index is 12.2. The van der Waals surface area contributed by atoms with Crippen molar-refractivity contribution in [1.29, 1.82) is 0 Å². The molecule has 0 radical (unpaired) electrons. The Labute approximate surface area is 133 Å². The lowest BCUT2D eigenvalue weighted by Crippen LogP contribution is -2.40. The van der Waals surface area contributed by atoms with Crippen molar-refractivity contribution in [2.75, 3.05) is 4.72 Å². The van der Waals surface area contributed by atoms with E-state index in [0.717, 1.165) is 18.9 Å². The average Bonchev–Trinajstić information content (AvgIpc) is 2.42. The molecule has 8 nitrogen and oxygen atoms in total. The number of aromatic nitrogens is 3. The van der Waals surface area contributed by atoms with E-state index in [2.05, 4.69) is 9.71 Å². The predicted octanol–water partition coefficient (Wildman–Crippen LogP) is -0.116. The molecule has 21 heavy (non-hydrogen) atoms. The number of anilines is 1. The molecule has 0 amide bonds.